The lowest BCUT2D eigenvalue weighted by molar-refractivity contribution is 0.258. The van der Waals surface area contributed by atoms with Crippen LogP contribution in [0.25, 0.3) is 0 Å². The van der Waals surface area contributed by atoms with Gasteiger partial charge < -0.3 is 10.1 Å². The summed E-state index contributed by atoms with van der Waals surface area (Å²) < 4.78 is 10.2. The summed E-state index contributed by atoms with van der Waals surface area (Å²) in [7, 11) is 0. The Kier molecular flexibility index (Phi) is 3.15. The van der Waals surface area contributed by atoms with E-state index in [2.05, 4.69) is 27.7 Å². The molecule has 5 heteroatoms. The Labute approximate surface area is 110 Å². The lowest BCUT2D eigenvalue weighted by Gasteiger charge is -2.23. The number of rotatable bonds is 3. The second-order valence-electron chi connectivity index (χ2n) is 4.31. The predicted molar refractivity (Wildman–Crippen MR) is 72.5 cm³/mol. The normalized spacial score (nSPS) is 17.9. The number of nitrogens with zero attached hydrogens (tertiary/aromatic N) is 2. The molecule has 0 bridgehead atoms. The summed E-state index contributed by atoms with van der Waals surface area (Å²) in [5, 5.41) is 4.09. The molecule has 18 heavy (non-hydrogen) atoms. The molecule has 0 aliphatic carbocycles. The van der Waals surface area contributed by atoms with Gasteiger partial charge in [-0.25, -0.2) is 4.98 Å². The van der Waals surface area contributed by atoms with Gasteiger partial charge in [-0.2, -0.15) is 4.37 Å². The van der Waals surface area contributed by atoms with Crippen molar-refractivity contribution >= 4 is 16.7 Å². The number of hydrogen-bond donors (Lipinski definition) is 1. The molecule has 2 heterocycles. The maximum Gasteiger partial charge on any atom is 0.202 e. The largest absolute Gasteiger partial charge is 0.493 e. The molecule has 1 unspecified atom stereocenters. The zero-order valence-electron chi connectivity index (χ0n) is 10.2. The second kappa shape index (κ2) is 4.94. The number of benzene rings is 1. The first-order valence-corrected chi connectivity index (χ1v) is 6.92. The number of nitrogens with one attached hydrogen (secondary N) is 1. The van der Waals surface area contributed by atoms with Gasteiger partial charge in [-0.3, -0.25) is 0 Å². The van der Waals surface area contributed by atoms with Crippen LogP contribution >= 0.6 is 11.5 Å². The Bertz CT molecular complexity index is 541. The zero-order valence-corrected chi connectivity index (χ0v) is 11.0. The summed E-state index contributed by atoms with van der Waals surface area (Å²) >= 11 is 1.42. The van der Waals surface area contributed by atoms with E-state index in [1.165, 1.54) is 17.1 Å². The fourth-order valence-corrected chi connectivity index (χ4v) is 2.83. The summed E-state index contributed by atoms with van der Waals surface area (Å²) in [5.74, 6) is 2.16. The molecule has 0 fully saturated rings. The Morgan fingerprint density at radius 3 is 3.22 bits per heavy atom. The van der Waals surface area contributed by atoms with Crippen molar-refractivity contribution in [2.45, 2.75) is 19.3 Å². The van der Waals surface area contributed by atoms with Crippen LogP contribution < -0.4 is 10.1 Å². The van der Waals surface area contributed by atoms with Crippen molar-refractivity contribution in [3.8, 4) is 5.75 Å². The maximum absolute atomic E-state index is 5.76. The number of hydrogen-bond acceptors (Lipinski definition) is 5. The van der Waals surface area contributed by atoms with Crippen LogP contribution in [0.3, 0.4) is 0 Å². The molecule has 4 nitrogen and oxygen atoms in total. The molecule has 94 valence electrons. The van der Waals surface area contributed by atoms with Gasteiger partial charge in [0.2, 0.25) is 5.13 Å². The molecule has 0 radical (unpaired) electrons. The Hall–Kier alpha value is -1.62. The molecule has 1 N–H and O–H groups in total. The van der Waals surface area contributed by atoms with Crippen LogP contribution in [0.4, 0.5) is 5.13 Å². The first kappa shape index (κ1) is 11.5. The standard InChI is InChI=1S/C13H15N3OS/c1-2-14-13-15-12(16-18-13)10-7-9-5-3-4-6-11(9)17-8-10/h3-6,10H,2,7-8H2,1H3,(H,14,15,16). The summed E-state index contributed by atoms with van der Waals surface area (Å²) in [6.45, 7) is 3.60. The monoisotopic (exact) mass is 261 g/mol. The Balaban J connectivity index is 1.78. The predicted octanol–water partition coefficient (Wildman–Crippen LogP) is 2.69. The molecule has 2 aromatic rings. The molecular weight excluding hydrogens is 246 g/mol. The average Bonchev–Trinajstić information content (AvgIpc) is 2.87. The summed E-state index contributed by atoms with van der Waals surface area (Å²) in [4.78, 5) is 4.51. The molecule has 1 aromatic carbocycles. The van der Waals surface area contributed by atoms with E-state index in [1.807, 2.05) is 18.2 Å². The number of fused-ring (bicyclic) bond motifs is 1. The van der Waals surface area contributed by atoms with Gasteiger partial charge in [-0.15, -0.1) is 0 Å². The second-order valence-corrected chi connectivity index (χ2v) is 5.06. The van der Waals surface area contributed by atoms with Crippen molar-refractivity contribution in [1.82, 2.24) is 9.36 Å². The highest BCUT2D eigenvalue weighted by Crippen LogP contribution is 2.31. The smallest absolute Gasteiger partial charge is 0.202 e. The van der Waals surface area contributed by atoms with Gasteiger partial charge in [0, 0.05) is 18.1 Å². The number of aromatic nitrogens is 2. The van der Waals surface area contributed by atoms with E-state index in [0.29, 0.717) is 6.61 Å². The highest BCUT2D eigenvalue weighted by molar-refractivity contribution is 7.09. The first-order chi connectivity index (χ1) is 8.86. The molecule has 1 aliphatic heterocycles. The molecule has 0 spiro atoms. The van der Waals surface area contributed by atoms with E-state index in [1.54, 1.807) is 0 Å². The van der Waals surface area contributed by atoms with E-state index in [9.17, 15) is 0 Å². The molecule has 3 rings (SSSR count). The molecule has 0 saturated carbocycles. The quantitative estimate of drug-likeness (QED) is 0.922. The van der Waals surface area contributed by atoms with Crippen molar-refractivity contribution in [2.24, 2.45) is 0 Å². The van der Waals surface area contributed by atoms with E-state index >= 15 is 0 Å². The third-order valence-corrected chi connectivity index (χ3v) is 3.70. The van der Waals surface area contributed by atoms with Gasteiger partial charge in [0.1, 0.15) is 5.75 Å². The fraction of sp³-hybridized carbons (Fsp3) is 0.385. The van der Waals surface area contributed by atoms with Crippen LogP contribution in [0.5, 0.6) is 5.75 Å². The SMILES string of the molecule is CCNc1nc(C2COc3ccccc3C2)ns1. The van der Waals surface area contributed by atoms with Crippen LogP contribution in [0.2, 0.25) is 0 Å². The van der Waals surface area contributed by atoms with Crippen LogP contribution in [-0.2, 0) is 6.42 Å². The third kappa shape index (κ3) is 2.18. The minimum atomic E-state index is 0.267. The summed E-state index contributed by atoms with van der Waals surface area (Å²) in [5.41, 5.74) is 1.24. The van der Waals surface area contributed by atoms with Gasteiger partial charge in [0.25, 0.3) is 0 Å². The number of para-hydroxylation sites is 1. The minimum absolute atomic E-state index is 0.267. The van der Waals surface area contributed by atoms with Crippen LogP contribution in [0.15, 0.2) is 24.3 Å². The Morgan fingerprint density at radius 1 is 1.44 bits per heavy atom. The van der Waals surface area contributed by atoms with Gasteiger partial charge in [-0.1, -0.05) is 18.2 Å². The van der Waals surface area contributed by atoms with Gasteiger partial charge in [0.15, 0.2) is 5.82 Å². The molecule has 1 aromatic heterocycles. The minimum Gasteiger partial charge on any atom is -0.493 e. The van der Waals surface area contributed by atoms with Crippen molar-refractivity contribution in [2.75, 3.05) is 18.5 Å². The third-order valence-electron chi connectivity index (χ3n) is 3.01. The van der Waals surface area contributed by atoms with Gasteiger partial charge >= 0.3 is 0 Å². The van der Waals surface area contributed by atoms with E-state index in [4.69, 9.17) is 4.74 Å². The maximum atomic E-state index is 5.76. The van der Waals surface area contributed by atoms with E-state index in [0.717, 1.165) is 29.7 Å². The van der Waals surface area contributed by atoms with Crippen LogP contribution in [0.1, 0.15) is 24.2 Å². The van der Waals surface area contributed by atoms with Crippen molar-refractivity contribution in [1.29, 1.82) is 0 Å². The van der Waals surface area contributed by atoms with Crippen molar-refractivity contribution < 1.29 is 4.74 Å². The zero-order chi connectivity index (χ0) is 12.4. The van der Waals surface area contributed by atoms with Crippen LogP contribution in [0, 0.1) is 0 Å². The lowest BCUT2D eigenvalue weighted by atomic mass is 9.96. The Morgan fingerprint density at radius 2 is 2.33 bits per heavy atom. The summed E-state index contributed by atoms with van der Waals surface area (Å²) in [6.07, 6.45) is 0.957. The molecule has 0 saturated heterocycles. The van der Waals surface area contributed by atoms with Crippen LogP contribution in [-0.4, -0.2) is 22.5 Å². The average molecular weight is 261 g/mol. The summed E-state index contributed by atoms with van der Waals surface area (Å²) in [6, 6.07) is 8.18. The van der Waals surface area contributed by atoms with Crippen molar-refractivity contribution in [3.05, 3.63) is 35.7 Å². The fourth-order valence-electron chi connectivity index (χ4n) is 2.12. The molecule has 0 amide bonds. The number of ether oxygens (including phenoxy) is 1. The molecule has 1 atom stereocenters. The molecule has 1 aliphatic rings. The highest BCUT2D eigenvalue weighted by Gasteiger charge is 2.24. The first-order valence-electron chi connectivity index (χ1n) is 6.15. The van der Waals surface area contributed by atoms with E-state index < -0.39 is 0 Å². The van der Waals surface area contributed by atoms with Crippen molar-refractivity contribution in [3.63, 3.8) is 0 Å². The van der Waals surface area contributed by atoms with E-state index in [-0.39, 0.29) is 5.92 Å². The highest BCUT2D eigenvalue weighted by atomic mass is 32.1. The molecular formula is C13H15N3OS. The number of anilines is 1. The topological polar surface area (TPSA) is 47.0 Å². The lowest BCUT2D eigenvalue weighted by Crippen LogP contribution is -2.20. The van der Waals surface area contributed by atoms with Gasteiger partial charge in [0.05, 0.1) is 12.5 Å². The van der Waals surface area contributed by atoms with Gasteiger partial charge in [-0.05, 0) is 25.0 Å².